The Morgan fingerprint density at radius 1 is 1.62 bits per heavy atom. The Hall–Kier alpha value is -1.52. The normalized spacial score (nSPS) is 19.2. The zero-order valence-electron chi connectivity index (χ0n) is 9.58. The van der Waals surface area contributed by atoms with Crippen LogP contribution in [-0.2, 0) is 23.0 Å². The Kier molecular flexibility index (Phi) is 2.85. The van der Waals surface area contributed by atoms with Crippen molar-refractivity contribution in [3.05, 3.63) is 21.6 Å². The molecule has 5 nitrogen and oxygen atoms in total. The number of hydrogen-bond donors (Lipinski definition) is 1. The lowest BCUT2D eigenvalue weighted by atomic mass is 9.87. The van der Waals surface area contributed by atoms with Crippen LogP contribution in [0.5, 0.6) is 0 Å². The smallest absolute Gasteiger partial charge is 0.313 e. The minimum atomic E-state index is -0.381. The SMILES string of the molecule is CCOC(=O)[C@H]1CCCc2c1c(=O)[nH]n2C. The zero-order chi connectivity index (χ0) is 11.7. The van der Waals surface area contributed by atoms with Gasteiger partial charge in [0.25, 0.3) is 5.56 Å². The molecule has 0 radical (unpaired) electrons. The third kappa shape index (κ3) is 1.66. The third-order valence-corrected chi connectivity index (χ3v) is 3.06. The van der Waals surface area contributed by atoms with Gasteiger partial charge in [-0.1, -0.05) is 0 Å². The van der Waals surface area contributed by atoms with Crippen LogP contribution in [0.2, 0.25) is 0 Å². The second kappa shape index (κ2) is 4.15. The van der Waals surface area contributed by atoms with Gasteiger partial charge in [-0.15, -0.1) is 0 Å². The molecule has 1 atom stereocenters. The van der Waals surface area contributed by atoms with Gasteiger partial charge in [-0.25, -0.2) is 0 Å². The minimum absolute atomic E-state index is 0.157. The van der Waals surface area contributed by atoms with Gasteiger partial charge < -0.3 is 4.74 Å². The van der Waals surface area contributed by atoms with Crippen molar-refractivity contribution in [2.75, 3.05) is 6.61 Å². The number of esters is 1. The molecule has 0 unspecified atom stereocenters. The van der Waals surface area contributed by atoms with Crippen molar-refractivity contribution in [1.82, 2.24) is 9.78 Å². The molecule has 0 aliphatic heterocycles. The molecule has 0 spiro atoms. The average molecular weight is 224 g/mol. The van der Waals surface area contributed by atoms with E-state index in [9.17, 15) is 9.59 Å². The van der Waals surface area contributed by atoms with Crippen LogP contribution in [0.15, 0.2) is 4.79 Å². The standard InChI is InChI=1S/C11H16N2O3/c1-3-16-11(15)7-5-4-6-8-9(7)10(14)12-13(8)2/h7H,3-6H2,1-2H3,(H,12,14)/t7-/m0/s1. The molecule has 0 aromatic carbocycles. The van der Waals surface area contributed by atoms with Crippen molar-refractivity contribution in [3.8, 4) is 0 Å². The highest BCUT2D eigenvalue weighted by Crippen LogP contribution is 2.29. The third-order valence-electron chi connectivity index (χ3n) is 3.06. The van der Waals surface area contributed by atoms with E-state index in [4.69, 9.17) is 4.74 Å². The fourth-order valence-electron chi connectivity index (χ4n) is 2.35. The van der Waals surface area contributed by atoms with Crippen LogP contribution in [0.3, 0.4) is 0 Å². The summed E-state index contributed by atoms with van der Waals surface area (Å²) in [5, 5.41) is 2.70. The minimum Gasteiger partial charge on any atom is -0.466 e. The number of aromatic amines is 1. The molecule has 1 aliphatic rings. The molecule has 0 saturated heterocycles. The molecule has 1 N–H and O–H groups in total. The van der Waals surface area contributed by atoms with Crippen LogP contribution in [0.4, 0.5) is 0 Å². The topological polar surface area (TPSA) is 64.1 Å². The van der Waals surface area contributed by atoms with Gasteiger partial charge in [-0.2, -0.15) is 0 Å². The second-order valence-electron chi connectivity index (χ2n) is 4.06. The van der Waals surface area contributed by atoms with E-state index in [2.05, 4.69) is 5.10 Å². The van der Waals surface area contributed by atoms with E-state index >= 15 is 0 Å². The summed E-state index contributed by atoms with van der Waals surface area (Å²) in [4.78, 5) is 23.5. The van der Waals surface area contributed by atoms with Crippen LogP contribution in [0.25, 0.3) is 0 Å². The predicted molar refractivity (Wildman–Crippen MR) is 58.3 cm³/mol. The molecular formula is C11H16N2O3. The average Bonchev–Trinajstić information content (AvgIpc) is 2.55. The fourth-order valence-corrected chi connectivity index (χ4v) is 2.35. The van der Waals surface area contributed by atoms with Gasteiger partial charge in [-0.05, 0) is 26.2 Å². The lowest BCUT2D eigenvalue weighted by Crippen LogP contribution is -2.25. The molecule has 0 fully saturated rings. The van der Waals surface area contributed by atoms with E-state index < -0.39 is 0 Å². The quantitative estimate of drug-likeness (QED) is 0.752. The summed E-state index contributed by atoms with van der Waals surface area (Å²) < 4.78 is 6.71. The lowest BCUT2D eigenvalue weighted by Gasteiger charge is -2.20. The number of H-pyrrole nitrogens is 1. The number of ether oxygens (including phenoxy) is 1. The van der Waals surface area contributed by atoms with Gasteiger partial charge in [0.2, 0.25) is 0 Å². The number of hydrogen-bond acceptors (Lipinski definition) is 3. The Bertz CT molecular complexity index is 458. The van der Waals surface area contributed by atoms with Crippen molar-refractivity contribution >= 4 is 5.97 Å². The van der Waals surface area contributed by atoms with Gasteiger partial charge in [-0.3, -0.25) is 19.4 Å². The summed E-state index contributed by atoms with van der Waals surface area (Å²) in [6.45, 7) is 2.13. The van der Waals surface area contributed by atoms with Gasteiger partial charge >= 0.3 is 5.97 Å². The molecule has 1 aromatic rings. The maximum absolute atomic E-state index is 11.7. The van der Waals surface area contributed by atoms with E-state index in [0.717, 1.165) is 18.5 Å². The fraction of sp³-hybridized carbons (Fsp3) is 0.636. The molecule has 16 heavy (non-hydrogen) atoms. The first kappa shape index (κ1) is 11.0. The molecule has 0 bridgehead atoms. The monoisotopic (exact) mass is 224 g/mol. The first-order valence-electron chi connectivity index (χ1n) is 5.59. The van der Waals surface area contributed by atoms with Crippen molar-refractivity contribution < 1.29 is 9.53 Å². The van der Waals surface area contributed by atoms with Crippen LogP contribution in [-0.4, -0.2) is 22.4 Å². The molecular weight excluding hydrogens is 208 g/mol. The molecule has 1 aliphatic carbocycles. The Morgan fingerprint density at radius 2 is 2.38 bits per heavy atom. The predicted octanol–water partition coefficient (Wildman–Crippen LogP) is 0.696. The molecule has 2 rings (SSSR count). The molecule has 5 heteroatoms. The number of fused-ring (bicyclic) bond motifs is 1. The van der Waals surface area contributed by atoms with E-state index in [0.29, 0.717) is 18.6 Å². The van der Waals surface area contributed by atoms with Gasteiger partial charge in [0.15, 0.2) is 0 Å². The number of carbonyl (C=O) groups is 1. The highest BCUT2D eigenvalue weighted by Gasteiger charge is 2.32. The van der Waals surface area contributed by atoms with E-state index in [-0.39, 0.29) is 17.4 Å². The van der Waals surface area contributed by atoms with E-state index in [1.54, 1.807) is 18.7 Å². The maximum Gasteiger partial charge on any atom is 0.313 e. The Balaban J connectivity index is 2.40. The number of carbonyl (C=O) groups excluding carboxylic acids is 1. The number of aryl methyl sites for hydroxylation is 1. The summed E-state index contributed by atoms with van der Waals surface area (Å²) in [5.74, 6) is -0.659. The van der Waals surface area contributed by atoms with Crippen LogP contribution >= 0.6 is 0 Å². The Morgan fingerprint density at radius 3 is 3.06 bits per heavy atom. The first-order chi connectivity index (χ1) is 7.65. The number of nitrogens with zero attached hydrogens (tertiary/aromatic N) is 1. The summed E-state index contributed by atoms with van der Waals surface area (Å²) in [7, 11) is 1.80. The highest BCUT2D eigenvalue weighted by atomic mass is 16.5. The van der Waals surface area contributed by atoms with Crippen molar-refractivity contribution in [1.29, 1.82) is 0 Å². The summed E-state index contributed by atoms with van der Waals surface area (Å²) in [5.41, 5.74) is 1.39. The maximum atomic E-state index is 11.7. The number of rotatable bonds is 2. The van der Waals surface area contributed by atoms with E-state index in [1.807, 2.05) is 0 Å². The summed E-state index contributed by atoms with van der Waals surface area (Å²) >= 11 is 0. The molecule has 1 heterocycles. The zero-order valence-corrected chi connectivity index (χ0v) is 9.58. The number of aromatic nitrogens is 2. The van der Waals surface area contributed by atoms with Crippen LogP contribution in [0, 0.1) is 0 Å². The van der Waals surface area contributed by atoms with Gasteiger partial charge in [0.1, 0.15) is 0 Å². The van der Waals surface area contributed by atoms with Crippen molar-refractivity contribution in [2.45, 2.75) is 32.1 Å². The summed E-state index contributed by atoms with van der Waals surface area (Å²) in [6.07, 6.45) is 2.47. The lowest BCUT2D eigenvalue weighted by molar-refractivity contribution is -0.145. The van der Waals surface area contributed by atoms with Crippen molar-refractivity contribution in [3.63, 3.8) is 0 Å². The molecule has 88 valence electrons. The van der Waals surface area contributed by atoms with E-state index in [1.165, 1.54) is 0 Å². The summed E-state index contributed by atoms with van der Waals surface area (Å²) in [6, 6.07) is 0. The van der Waals surface area contributed by atoms with Crippen molar-refractivity contribution in [2.24, 2.45) is 7.05 Å². The number of nitrogens with one attached hydrogen (secondary N) is 1. The second-order valence-corrected chi connectivity index (χ2v) is 4.06. The van der Waals surface area contributed by atoms with Crippen LogP contribution < -0.4 is 5.56 Å². The largest absolute Gasteiger partial charge is 0.466 e. The Labute approximate surface area is 93.4 Å². The molecule has 0 saturated carbocycles. The van der Waals surface area contributed by atoms with Crippen LogP contribution in [0.1, 0.15) is 36.9 Å². The first-order valence-corrected chi connectivity index (χ1v) is 5.59. The molecule has 1 aromatic heterocycles. The highest BCUT2D eigenvalue weighted by molar-refractivity contribution is 5.78. The van der Waals surface area contributed by atoms with Gasteiger partial charge in [0.05, 0.1) is 18.1 Å². The molecule has 0 amide bonds. The van der Waals surface area contributed by atoms with Gasteiger partial charge in [0, 0.05) is 12.7 Å².